The van der Waals surface area contributed by atoms with E-state index in [2.05, 4.69) is 21.2 Å². The quantitative estimate of drug-likeness (QED) is 0.904. The molecule has 1 aliphatic rings. The van der Waals surface area contributed by atoms with Crippen molar-refractivity contribution in [2.24, 2.45) is 5.92 Å². The van der Waals surface area contributed by atoms with Crippen LogP contribution in [-0.2, 0) is 4.74 Å². The molecule has 2 rings (SSSR count). The highest BCUT2D eigenvalue weighted by atomic mass is 79.9. The molecular formula is C13H17BrClNO2. The molecule has 1 heterocycles. The highest BCUT2D eigenvalue weighted by molar-refractivity contribution is 9.10. The first kappa shape index (κ1) is 14.0. The number of hydrogen-bond acceptors (Lipinski definition) is 3. The zero-order chi connectivity index (χ0) is 13.0. The van der Waals surface area contributed by atoms with Crippen molar-refractivity contribution >= 4 is 33.2 Å². The van der Waals surface area contributed by atoms with Gasteiger partial charge in [0.25, 0.3) is 0 Å². The van der Waals surface area contributed by atoms with Crippen LogP contribution in [0.1, 0.15) is 12.8 Å². The average Bonchev–Trinajstić information content (AvgIpc) is 2.37. The molecule has 1 unspecified atom stereocenters. The fourth-order valence-corrected chi connectivity index (χ4v) is 3.09. The van der Waals surface area contributed by atoms with Crippen LogP contribution in [0.2, 0.25) is 5.02 Å². The van der Waals surface area contributed by atoms with E-state index in [0.29, 0.717) is 10.9 Å². The minimum absolute atomic E-state index is 0.557. The van der Waals surface area contributed by atoms with Crippen LogP contribution in [0.5, 0.6) is 5.75 Å². The number of ether oxygens (including phenoxy) is 2. The molecule has 1 aromatic carbocycles. The van der Waals surface area contributed by atoms with Gasteiger partial charge in [-0.3, -0.25) is 0 Å². The summed E-state index contributed by atoms with van der Waals surface area (Å²) in [6.45, 7) is 2.60. The van der Waals surface area contributed by atoms with Gasteiger partial charge in [-0.2, -0.15) is 0 Å². The maximum Gasteiger partial charge on any atom is 0.156 e. The third-order valence-corrected chi connectivity index (χ3v) is 3.86. The van der Waals surface area contributed by atoms with Gasteiger partial charge in [0.05, 0.1) is 23.9 Å². The highest BCUT2D eigenvalue weighted by Gasteiger charge is 2.15. The Balaban J connectivity index is 2.03. The molecule has 3 nitrogen and oxygen atoms in total. The number of rotatable bonds is 4. The van der Waals surface area contributed by atoms with E-state index in [1.807, 2.05) is 12.1 Å². The van der Waals surface area contributed by atoms with Gasteiger partial charge in [0.15, 0.2) is 5.75 Å². The fourth-order valence-electron chi connectivity index (χ4n) is 2.12. The summed E-state index contributed by atoms with van der Waals surface area (Å²) in [5, 5.41) is 4.08. The van der Waals surface area contributed by atoms with Gasteiger partial charge in [-0.25, -0.2) is 0 Å². The minimum atomic E-state index is 0.557. The van der Waals surface area contributed by atoms with Crippen molar-refractivity contribution in [3.8, 4) is 5.75 Å². The molecule has 1 N–H and O–H groups in total. The molecule has 1 aromatic rings. The van der Waals surface area contributed by atoms with Crippen molar-refractivity contribution in [3.05, 3.63) is 21.6 Å². The summed E-state index contributed by atoms with van der Waals surface area (Å²) >= 11 is 9.50. The van der Waals surface area contributed by atoms with E-state index in [4.69, 9.17) is 21.1 Å². The standard InChI is InChI=1S/C13H17BrClNO2/c1-17-13-11(14)5-10(15)6-12(13)16-7-9-3-2-4-18-8-9/h5-6,9,16H,2-4,7-8H2,1H3. The molecule has 0 spiro atoms. The summed E-state index contributed by atoms with van der Waals surface area (Å²) in [5.41, 5.74) is 0.919. The van der Waals surface area contributed by atoms with Crippen LogP contribution in [0.3, 0.4) is 0 Å². The Morgan fingerprint density at radius 3 is 3.06 bits per heavy atom. The summed E-state index contributed by atoms with van der Waals surface area (Å²) in [6, 6.07) is 3.71. The Morgan fingerprint density at radius 2 is 2.39 bits per heavy atom. The Bertz CT molecular complexity index is 408. The van der Waals surface area contributed by atoms with Crippen molar-refractivity contribution in [2.75, 3.05) is 32.2 Å². The van der Waals surface area contributed by atoms with Crippen LogP contribution in [0.15, 0.2) is 16.6 Å². The molecule has 0 amide bonds. The van der Waals surface area contributed by atoms with E-state index >= 15 is 0 Å². The van der Waals surface area contributed by atoms with E-state index in [1.165, 1.54) is 6.42 Å². The predicted molar refractivity (Wildman–Crippen MR) is 77.7 cm³/mol. The first-order valence-corrected chi connectivity index (χ1v) is 7.22. The van der Waals surface area contributed by atoms with Gasteiger partial charge < -0.3 is 14.8 Å². The molecule has 1 fully saturated rings. The average molecular weight is 335 g/mol. The Kier molecular flexibility index (Phi) is 5.15. The number of hydrogen-bond donors (Lipinski definition) is 1. The molecule has 1 saturated heterocycles. The third kappa shape index (κ3) is 3.53. The zero-order valence-electron chi connectivity index (χ0n) is 10.3. The second kappa shape index (κ2) is 6.64. The first-order chi connectivity index (χ1) is 8.70. The topological polar surface area (TPSA) is 30.5 Å². The fraction of sp³-hybridized carbons (Fsp3) is 0.538. The molecule has 5 heteroatoms. The zero-order valence-corrected chi connectivity index (χ0v) is 12.7. The van der Waals surface area contributed by atoms with Gasteiger partial charge in [0, 0.05) is 18.2 Å². The first-order valence-electron chi connectivity index (χ1n) is 6.05. The lowest BCUT2D eigenvalue weighted by atomic mass is 10.0. The van der Waals surface area contributed by atoms with E-state index < -0.39 is 0 Å². The van der Waals surface area contributed by atoms with Crippen LogP contribution in [0.25, 0.3) is 0 Å². The molecule has 0 aromatic heterocycles. The van der Waals surface area contributed by atoms with E-state index in [1.54, 1.807) is 7.11 Å². The van der Waals surface area contributed by atoms with Gasteiger partial charge in [-0.15, -0.1) is 0 Å². The SMILES string of the molecule is COc1c(Br)cc(Cl)cc1NCC1CCCOC1. The molecule has 1 aliphatic heterocycles. The van der Waals surface area contributed by atoms with Gasteiger partial charge in [-0.1, -0.05) is 11.6 Å². The largest absolute Gasteiger partial charge is 0.493 e. The Labute approximate surface area is 121 Å². The van der Waals surface area contributed by atoms with Gasteiger partial charge in [0.1, 0.15) is 0 Å². The number of anilines is 1. The van der Waals surface area contributed by atoms with Gasteiger partial charge >= 0.3 is 0 Å². The van der Waals surface area contributed by atoms with Crippen molar-refractivity contribution in [2.45, 2.75) is 12.8 Å². The maximum absolute atomic E-state index is 6.05. The highest BCUT2D eigenvalue weighted by Crippen LogP contribution is 2.36. The number of benzene rings is 1. The summed E-state index contributed by atoms with van der Waals surface area (Å²) in [6.07, 6.45) is 2.35. The molecule has 0 bridgehead atoms. The van der Waals surface area contributed by atoms with Crippen molar-refractivity contribution in [3.63, 3.8) is 0 Å². The van der Waals surface area contributed by atoms with Crippen molar-refractivity contribution < 1.29 is 9.47 Å². The second-order valence-corrected chi connectivity index (χ2v) is 5.72. The molecule has 18 heavy (non-hydrogen) atoms. The Hall–Kier alpha value is -0.450. The third-order valence-electron chi connectivity index (χ3n) is 3.05. The van der Waals surface area contributed by atoms with Crippen molar-refractivity contribution in [1.29, 1.82) is 0 Å². The molecular weight excluding hydrogens is 318 g/mol. The van der Waals surface area contributed by atoms with Crippen LogP contribution >= 0.6 is 27.5 Å². The number of nitrogens with one attached hydrogen (secondary N) is 1. The predicted octanol–water partition coefficient (Wildman–Crippen LogP) is 3.95. The number of halogens is 2. The summed E-state index contributed by atoms with van der Waals surface area (Å²) in [4.78, 5) is 0. The van der Waals surface area contributed by atoms with E-state index in [9.17, 15) is 0 Å². The van der Waals surface area contributed by atoms with E-state index in [0.717, 1.165) is 42.1 Å². The van der Waals surface area contributed by atoms with Crippen LogP contribution in [0.4, 0.5) is 5.69 Å². The van der Waals surface area contributed by atoms with Crippen molar-refractivity contribution in [1.82, 2.24) is 0 Å². The Morgan fingerprint density at radius 1 is 1.56 bits per heavy atom. The molecule has 0 aliphatic carbocycles. The smallest absolute Gasteiger partial charge is 0.156 e. The maximum atomic E-state index is 6.05. The molecule has 0 radical (unpaired) electrons. The lowest BCUT2D eigenvalue weighted by Gasteiger charge is -2.23. The van der Waals surface area contributed by atoms with Crippen LogP contribution < -0.4 is 10.1 Å². The van der Waals surface area contributed by atoms with Crippen LogP contribution in [-0.4, -0.2) is 26.9 Å². The minimum Gasteiger partial charge on any atom is -0.493 e. The number of methoxy groups -OCH3 is 1. The summed E-state index contributed by atoms with van der Waals surface area (Å²) in [7, 11) is 1.66. The summed E-state index contributed by atoms with van der Waals surface area (Å²) in [5.74, 6) is 1.34. The van der Waals surface area contributed by atoms with Gasteiger partial charge in [0.2, 0.25) is 0 Å². The normalized spacial score (nSPS) is 19.6. The lowest BCUT2D eigenvalue weighted by Crippen LogP contribution is -2.24. The summed E-state index contributed by atoms with van der Waals surface area (Å²) < 4.78 is 11.7. The molecule has 1 atom stereocenters. The van der Waals surface area contributed by atoms with Crippen LogP contribution in [0, 0.1) is 5.92 Å². The monoisotopic (exact) mass is 333 g/mol. The lowest BCUT2D eigenvalue weighted by molar-refractivity contribution is 0.0595. The molecule has 0 saturated carbocycles. The van der Waals surface area contributed by atoms with E-state index in [-0.39, 0.29) is 0 Å². The van der Waals surface area contributed by atoms with Gasteiger partial charge in [-0.05, 0) is 46.8 Å². The molecule has 100 valence electrons. The second-order valence-electron chi connectivity index (χ2n) is 4.43.